The van der Waals surface area contributed by atoms with Gasteiger partial charge >= 0.3 is 0 Å². The van der Waals surface area contributed by atoms with Crippen molar-refractivity contribution in [1.29, 1.82) is 0 Å². The van der Waals surface area contributed by atoms with Gasteiger partial charge in [-0.15, -0.1) is 0 Å². The predicted molar refractivity (Wildman–Crippen MR) is 105 cm³/mol. The molecule has 27 heavy (non-hydrogen) atoms. The molecule has 1 heterocycles. The number of carbonyl (C=O) groups is 1. The Kier molecular flexibility index (Phi) is 6.42. The molecule has 144 valence electrons. The molecule has 6 heteroatoms. The minimum absolute atomic E-state index is 0.118. The normalized spacial score (nSPS) is 15.6. The number of rotatable bonds is 6. The van der Waals surface area contributed by atoms with Gasteiger partial charge in [-0.3, -0.25) is 9.69 Å². The van der Waals surface area contributed by atoms with Crippen LogP contribution in [0.2, 0.25) is 0 Å². The van der Waals surface area contributed by atoms with Crippen LogP contribution in [0.1, 0.15) is 12.5 Å². The number of halogens is 1. The lowest BCUT2D eigenvalue weighted by Crippen LogP contribution is -2.39. The molecule has 1 unspecified atom stereocenters. The zero-order valence-corrected chi connectivity index (χ0v) is 15.8. The number of hydrogen-bond donors (Lipinski definition) is 1. The van der Waals surface area contributed by atoms with Crippen LogP contribution in [0.3, 0.4) is 0 Å². The molecular formula is C21H26FN3O2. The van der Waals surface area contributed by atoms with E-state index in [0.717, 1.165) is 37.7 Å². The SMILES string of the molecule is CC(C(=O)Nc1ccc(N2CCOCC2)cc1)N(C)Cc1ccccc1F. The minimum atomic E-state index is -0.386. The van der Waals surface area contributed by atoms with Gasteiger partial charge in [-0.25, -0.2) is 4.39 Å². The Morgan fingerprint density at radius 1 is 1.19 bits per heavy atom. The van der Waals surface area contributed by atoms with Crippen LogP contribution >= 0.6 is 0 Å². The Morgan fingerprint density at radius 2 is 1.85 bits per heavy atom. The topological polar surface area (TPSA) is 44.8 Å². The number of morpholine rings is 1. The quantitative estimate of drug-likeness (QED) is 0.847. The van der Waals surface area contributed by atoms with Crippen molar-refractivity contribution in [3.05, 3.63) is 59.9 Å². The fraction of sp³-hybridized carbons (Fsp3) is 0.381. The van der Waals surface area contributed by atoms with Crippen molar-refractivity contribution in [3.8, 4) is 0 Å². The summed E-state index contributed by atoms with van der Waals surface area (Å²) in [6.07, 6.45) is 0. The highest BCUT2D eigenvalue weighted by Gasteiger charge is 2.19. The highest BCUT2D eigenvalue weighted by Crippen LogP contribution is 2.19. The van der Waals surface area contributed by atoms with Crippen LogP contribution < -0.4 is 10.2 Å². The molecule has 1 N–H and O–H groups in total. The van der Waals surface area contributed by atoms with Crippen molar-refractivity contribution in [2.45, 2.75) is 19.5 Å². The highest BCUT2D eigenvalue weighted by atomic mass is 19.1. The zero-order valence-electron chi connectivity index (χ0n) is 15.8. The standard InChI is InChI=1S/C21H26FN3O2/c1-16(24(2)15-17-5-3-4-6-20(17)22)21(26)23-18-7-9-19(10-8-18)25-11-13-27-14-12-25/h3-10,16H,11-15H2,1-2H3,(H,23,26). The molecule has 0 aromatic heterocycles. The maximum Gasteiger partial charge on any atom is 0.241 e. The van der Waals surface area contributed by atoms with Gasteiger partial charge in [0.05, 0.1) is 19.3 Å². The van der Waals surface area contributed by atoms with E-state index in [4.69, 9.17) is 4.74 Å². The minimum Gasteiger partial charge on any atom is -0.378 e. The van der Waals surface area contributed by atoms with E-state index in [9.17, 15) is 9.18 Å². The smallest absolute Gasteiger partial charge is 0.241 e. The van der Waals surface area contributed by atoms with E-state index < -0.39 is 0 Å². The Hall–Kier alpha value is -2.44. The molecule has 0 bridgehead atoms. The third-order valence-corrected chi connectivity index (χ3v) is 4.93. The Labute approximate surface area is 159 Å². The largest absolute Gasteiger partial charge is 0.378 e. The first-order valence-corrected chi connectivity index (χ1v) is 9.22. The number of ether oxygens (including phenoxy) is 1. The molecule has 0 saturated carbocycles. The molecule has 5 nitrogen and oxygen atoms in total. The first kappa shape index (κ1) is 19.3. The number of nitrogens with one attached hydrogen (secondary N) is 1. The molecule has 3 rings (SSSR count). The van der Waals surface area contributed by atoms with Gasteiger partial charge in [-0.05, 0) is 44.3 Å². The van der Waals surface area contributed by atoms with E-state index >= 15 is 0 Å². The van der Waals surface area contributed by atoms with E-state index in [2.05, 4.69) is 10.2 Å². The molecule has 0 spiro atoms. The lowest BCUT2D eigenvalue weighted by Gasteiger charge is -2.29. The van der Waals surface area contributed by atoms with Crippen LogP contribution in [0.5, 0.6) is 0 Å². The number of nitrogens with zero attached hydrogens (tertiary/aromatic N) is 2. The van der Waals surface area contributed by atoms with Gasteiger partial charge in [0.1, 0.15) is 5.82 Å². The molecule has 1 amide bonds. The van der Waals surface area contributed by atoms with Crippen molar-refractivity contribution in [2.75, 3.05) is 43.6 Å². The monoisotopic (exact) mass is 371 g/mol. The molecule has 2 aromatic carbocycles. The van der Waals surface area contributed by atoms with Crippen molar-refractivity contribution in [1.82, 2.24) is 4.90 Å². The third-order valence-electron chi connectivity index (χ3n) is 4.93. The molecule has 1 atom stereocenters. The summed E-state index contributed by atoms with van der Waals surface area (Å²) in [6.45, 7) is 5.43. The van der Waals surface area contributed by atoms with Crippen molar-refractivity contribution < 1.29 is 13.9 Å². The second-order valence-electron chi connectivity index (χ2n) is 6.82. The summed E-state index contributed by atoms with van der Waals surface area (Å²) in [5.74, 6) is -0.372. The van der Waals surface area contributed by atoms with Gasteiger partial charge in [0, 0.05) is 36.6 Å². The van der Waals surface area contributed by atoms with Crippen molar-refractivity contribution in [3.63, 3.8) is 0 Å². The fourth-order valence-corrected chi connectivity index (χ4v) is 3.06. The van der Waals surface area contributed by atoms with Crippen LogP contribution in [0.4, 0.5) is 15.8 Å². The predicted octanol–water partition coefficient (Wildman–Crippen LogP) is 3.12. The van der Waals surface area contributed by atoms with Gasteiger partial charge < -0.3 is 15.0 Å². The summed E-state index contributed by atoms with van der Waals surface area (Å²) in [5.41, 5.74) is 2.46. The van der Waals surface area contributed by atoms with Gasteiger partial charge in [0.25, 0.3) is 0 Å². The average Bonchev–Trinajstić information content (AvgIpc) is 2.70. The second-order valence-corrected chi connectivity index (χ2v) is 6.82. The molecule has 1 aliphatic heterocycles. The maximum atomic E-state index is 13.8. The van der Waals surface area contributed by atoms with Crippen molar-refractivity contribution >= 4 is 17.3 Å². The number of anilines is 2. The highest BCUT2D eigenvalue weighted by molar-refractivity contribution is 5.94. The van der Waals surface area contributed by atoms with E-state index in [-0.39, 0.29) is 17.8 Å². The number of hydrogen-bond acceptors (Lipinski definition) is 4. The summed E-state index contributed by atoms with van der Waals surface area (Å²) in [4.78, 5) is 16.6. The summed E-state index contributed by atoms with van der Waals surface area (Å²) in [5, 5.41) is 2.94. The zero-order chi connectivity index (χ0) is 19.2. The van der Waals surface area contributed by atoms with Crippen LogP contribution in [0, 0.1) is 5.82 Å². The Morgan fingerprint density at radius 3 is 2.52 bits per heavy atom. The summed E-state index contributed by atoms with van der Waals surface area (Å²) in [6, 6.07) is 14.1. The molecule has 0 aliphatic carbocycles. The maximum absolute atomic E-state index is 13.8. The van der Waals surface area contributed by atoms with Gasteiger partial charge in [0.2, 0.25) is 5.91 Å². The van der Waals surface area contributed by atoms with E-state index in [1.54, 1.807) is 18.2 Å². The van der Waals surface area contributed by atoms with E-state index in [1.165, 1.54) is 6.07 Å². The lowest BCUT2D eigenvalue weighted by atomic mass is 10.1. The first-order valence-electron chi connectivity index (χ1n) is 9.22. The molecular weight excluding hydrogens is 345 g/mol. The van der Waals surface area contributed by atoms with E-state index in [0.29, 0.717) is 12.1 Å². The number of carbonyl (C=O) groups excluding carboxylic acids is 1. The van der Waals surface area contributed by atoms with E-state index in [1.807, 2.05) is 43.1 Å². The van der Waals surface area contributed by atoms with Crippen LogP contribution in [-0.4, -0.2) is 50.2 Å². The Bertz CT molecular complexity index is 760. The number of amides is 1. The average molecular weight is 371 g/mol. The van der Waals surface area contributed by atoms with Crippen LogP contribution in [0.25, 0.3) is 0 Å². The molecule has 1 fully saturated rings. The summed E-state index contributed by atoms with van der Waals surface area (Å²) >= 11 is 0. The number of likely N-dealkylation sites (N-methyl/N-ethyl adjacent to an activating group) is 1. The lowest BCUT2D eigenvalue weighted by molar-refractivity contribution is -0.120. The number of benzene rings is 2. The van der Waals surface area contributed by atoms with Crippen molar-refractivity contribution in [2.24, 2.45) is 0 Å². The molecule has 1 aliphatic rings. The Balaban J connectivity index is 1.56. The van der Waals surface area contributed by atoms with Crippen LogP contribution in [0.15, 0.2) is 48.5 Å². The van der Waals surface area contributed by atoms with Gasteiger partial charge in [-0.1, -0.05) is 18.2 Å². The fourth-order valence-electron chi connectivity index (χ4n) is 3.06. The third kappa shape index (κ3) is 5.05. The second kappa shape index (κ2) is 8.97. The first-order chi connectivity index (χ1) is 13.0. The van der Waals surface area contributed by atoms with Gasteiger partial charge in [-0.2, -0.15) is 0 Å². The molecule has 2 aromatic rings. The summed E-state index contributed by atoms with van der Waals surface area (Å²) < 4.78 is 19.2. The van der Waals surface area contributed by atoms with Crippen LogP contribution in [-0.2, 0) is 16.1 Å². The molecule has 0 radical (unpaired) electrons. The molecule has 1 saturated heterocycles. The van der Waals surface area contributed by atoms with Gasteiger partial charge in [0.15, 0.2) is 0 Å². The summed E-state index contributed by atoms with van der Waals surface area (Å²) in [7, 11) is 1.82.